The molecule has 110 valence electrons. The first-order chi connectivity index (χ1) is 9.45. The van der Waals surface area contributed by atoms with Gasteiger partial charge in [-0.15, -0.1) is 0 Å². The van der Waals surface area contributed by atoms with Gasteiger partial charge < -0.3 is 10.4 Å². The lowest BCUT2D eigenvalue weighted by molar-refractivity contribution is -0.141. The first-order valence-electron chi connectivity index (χ1n) is 5.89. The zero-order valence-electron chi connectivity index (χ0n) is 10.9. The number of benzene rings is 1. The number of hydrogen-bond acceptors (Lipinski definition) is 3. The lowest BCUT2D eigenvalue weighted by Gasteiger charge is -2.14. The van der Waals surface area contributed by atoms with Gasteiger partial charge in [0, 0.05) is 5.56 Å². The zero-order chi connectivity index (χ0) is 15.1. The van der Waals surface area contributed by atoms with E-state index in [2.05, 4.69) is 5.32 Å². The van der Waals surface area contributed by atoms with Gasteiger partial charge in [0.15, 0.2) is 11.6 Å². The number of nitrogens with one attached hydrogen (secondary N) is 1. The third-order valence-electron chi connectivity index (χ3n) is 2.63. The molecule has 7 heteroatoms. The number of carbonyl (C=O) groups excluding carboxylic acids is 1. The molecule has 0 aliphatic rings. The third kappa shape index (κ3) is 4.80. The van der Waals surface area contributed by atoms with Crippen LogP contribution in [0.4, 0.5) is 8.78 Å². The molecule has 1 aromatic carbocycles. The fourth-order valence-corrected chi connectivity index (χ4v) is 2.07. The summed E-state index contributed by atoms with van der Waals surface area (Å²) in [6, 6.07) is 2.51. The molecular weight excluding hydrogens is 288 g/mol. The highest BCUT2D eigenvalue weighted by Crippen LogP contribution is 2.12. The number of aliphatic carboxylic acids is 1. The van der Waals surface area contributed by atoms with Crippen LogP contribution in [-0.4, -0.2) is 35.0 Å². The standard InChI is InChI=1S/C13H15F2NO3S/c1-20-6-5-10(13(18)19)16-11(17)7-8-3-2-4-9(14)12(8)15/h2-4,10H,5-7H2,1H3,(H,16,17)(H,18,19)/t10-/m1/s1. The monoisotopic (exact) mass is 303 g/mol. The predicted molar refractivity (Wildman–Crippen MR) is 72.6 cm³/mol. The van der Waals surface area contributed by atoms with Crippen molar-refractivity contribution < 1.29 is 23.5 Å². The van der Waals surface area contributed by atoms with E-state index >= 15 is 0 Å². The fourth-order valence-electron chi connectivity index (χ4n) is 1.60. The van der Waals surface area contributed by atoms with E-state index in [0.29, 0.717) is 5.75 Å². The second-order valence-electron chi connectivity index (χ2n) is 4.13. The molecule has 1 amide bonds. The summed E-state index contributed by atoms with van der Waals surface area (Å²) in [6.07, 6.45) is 1.70. The number of thioether (sulfide) groups is 1. The van der Waals surface area contributed by atoms with Crippen LogP contribution in [-0.2, 0) is 16.0 Å². The zero-order valence-corrected chi connectivity index (χ0v) is 11.7. The Balaban J connectivity index is 2.66. The summed E-state index contributed by atoms with van der Waals surface area (Å²) in [7, 11) is 0. The van der Waals surface area contributed by atoms with Crippen molar-refractivity contribution >= 4 is 23.6 Å². The largest absolute Gasteiger partial charge is 0.480 e. The first-order valence-corrected chi connectivity index (χ1v) is 7.29. The molecule has 4 nitrogen and oxygen atoms in total. The van der Waals surface area contributed by atoms with Crippen molar-refractivity contribution in [1.29, 1.82) is 0 Å². The van der Waals surface area contributed by atoms with Gasteiger partial charge in [0.2, 0.25) is 5.91 Å². The smallest absolute Gasteiger partial charge is 0.326 e. The maximum absolute atomic E-state index is 13.4. The molecule has 0 fully saturated rings. The minimum Gasteiger partial charge on any atom is -0.480 e. The van der Waals surface area contributed by atoms with Gasteiger partial charge >= 0.3 is 5.97 Å². The molecule has 0 aliphatic heterocycles. The van der Waals surface area contributed by atoms with Crippen LogP contribution in [0.5, 0.6) is 0 Å². The molecule has 20 heavy (non-hydrogen) atoms. The van der Waals surface area contributed by atoms with Crippen LogP contribution in [0.2, 0.25) is 0 Å². The summed E-state index contributed by atoms with van der Waals surface area (Å²) in [5.41, 5.74) is -0.100. The molecule has 1 rings (SSSR count). The number of carbonyl (C=O) groups is 2. The average Bonchev–Trinajstić information content (AvgIpc) is 2.39. The van der Waals surface area contributed by atoms with E-state index in [4.69, 9.17) is 5.11 Å². The van der Waals surface area contributed by atoms with Gasteiger partial charge in [-0.1, -0.05) is 12.1 Å². The van der Waals surface area contributed by atoms with Gasteiger partial charge in [0.05, 0.1) is 6.42 Å². The summed E-state index contributed by atoms with van der Waals surface area (Å²) < 4.78 is 26.4. The molecular formula is C13H15F2NO3S. The van der Waals surface area contributed by atoms with E-state index in [-0.39, 0.29) is 12.0 Å². The van der Waals surface area contributed by atoms with Crippen molar-refractivity contribution in [3.8, 4) is 0 Å². The van der Waals surface area contributed by atoms with E-state index in [0.717, 1.165) is 6.07 Å². The van der Waals surface area contributed by atoms with Gasteiger partial charge in [-0.3, -0.25) is 4.79 Å². The van der Waals surface area contributed by atoms with Gasteiger partial charge in [0.1, 0.15) is 6.04 Å². The van der Waals surface area contributed by atoms with E-state index in [9.17, 15) is 18.4 Å². The van der Waals surface area contributed by atoms with Gasteiger partial charge in [-0.25, -0.2) is 13.6 Å². The van der Waals surface area contributed by atoms with Crippen molar-refractivity contribution in [2.45, 2.75) is 18.9 Å². The van der Waals surface area contributed by atoms with E-state index < -0.39 is 36.0 Å². The summed E-state index contributed by atoms with van der Waals surface area (Å²) in [6.45, 7) is 0. The Morgan fingerprint density at radius 3 is 2.70 bits per heavy atom. The number of hydrogen-bond donors (Lipinski definition) is 2. The maximum atomic E-state index is 13.4. The van der Waals surface area contributed by atoms with Crippen molar-refractivity contribution in [3.63, 3.8) is 0 Å². The number of rotatable bonds is 7. The Kier molecular flexibility index (Phi) is 6.44. The van der Waals surface area contributed by atoms with Gasteiger partial charge in [-0.2, -0.15) is 11.8 Å². The van der Waals surface area contributed by atoms with Crippen LogP contribution in [0.25, 0.3) is 0 Å². The van der Waals surface area contributed by atoms with Gasteiger partial charge in [0.25, 0.3) is 0 Å². The maximum Gasteiger partial charge on any atom is 0.326 e. The Morgan fingerprint density at radius 2 is 2.10 bits per heavy atom. The minimum atomic E-state index is -1.15. The van der Waals surface area contributed by atoms with Crippen molar-refractivity contribution in [2.24, 2.45) is 0 Å². The second-order valence-corrected chi connectivity index (χ2v) is 5.12. The van der Waals surface area contributed by atoms with E-state index in [1.54, 1.807) is 0 Å². The first kappa shape index (κ1) is 16.4. The number of halogens is 2. The summed E-state index contributed by atoms with van der Waals surface area (Å²) in [4.78, 5) is 22.6. The SMILES string of the molecule is CSCC[C@@H](NC(=O)Cc1cccc(F)c1F)C(=O)O. The molecule has 1 atom stereocenters. The number of amides is 1. The molecule has 0 radical (unpaired) electrons. The lowest BCUT2D eigenvalue weighted by atomic mass is 10.1. The van der Waals surface area contributed by atoms with Crippen molar-refractivity contribution in [3.05, 3.63) is 35.4 Å². The summed E-state index contributed by atoms with van der Waals surface area (Å²) >= 11 is 1.46. The molecule has 0 spiro atoms. The van der Waals surface area contributed by atoms with Gasteiger partial charge in [-0.05, 0) is 24.5 Å². The highest BCUT2D eigenvalue weighted by Gasteiger charge is 2.20. The van der Waals surface area contributed by atoms with E-state index in [1.807, 2.05) is 6.26 Å². The van der Waals surface area contributed by atoms with Crippen LogP contribution < -0.4 is 5.32 Å². The predicted octanol–water partition coefficient (Wildman–Crippen LogP) is 1.83. The third-order valence-corrected chi connectivity index (χ3v) is 3.27. The molecule has 1 aromatic rings. The fraction of sp³-hybridized carbons (Fsp3) is 0.385. The molecule has 0 bridgehead atoms. The van der Waals surface area contributed by atoms with Crippen molar-refractivity contribution in [1.82, 2.24) is 5.32 Å². The molecule has 2 N–H and O–H groups in total. The highest BCUT2D eigenvalue weighted by atomic mass is 32.2. The Labute approximate surface area is 119 Å². The minimum absolute atomic E-state index is 0.100. The Bertz CT molecular complexity index is 497. The molecule has 0 saturated carbocycles. The Hall–Kier alpha value is -1.63. The molecule has 0 unspecified atom stereocenters. The normalized spacial score (nSPS) is 11.9. The summed E-state index contributed by atoms with van der Waals surface area (Å²) in [5.74, 6) is -3.34. The number of carboxylic acids is 1. The van der Waals surface area contributed by atoms with Crippen LogP contribution in [0.1, 0.15) is 12.0 Å². The Morgan fingerprint density at radius 1 is 1.40 bits per heavy atom. The topological polar surface area (TPSA) is 66.4 Å². The van der Waals surface area contributed by atoms with Crippen molar-refractivity contribution in [2.75, 3.05) is 12.0 Å². The highest BCUT2D eigenvalue weighted by molar-refractivity contribution is 7.98. The molecule has 0 aromatic heterocycles. The molecule has 0 aliphatic carbocycles. The van der Waals surface area contributed by atoms with Crippen LogP contribution >= 0.6 is 11.8 Å². The molecule has 0 heterocycles. The summed E-state index contributed by atoms with van der Waals surface area (Å²) in [5, 5.41) is 11.3. The average molecular weight is 303 g/mol. The van der Waals surface area contributed by atoms with Crippen LogP contribution in [0, 0.1) is 11.6 Å². The molecule has 0 saturated heterocycles. The van der Waals surface area contributed by atoms with Crippen LogP contribution in [0.3, 0.4) is 0 Å². The van der Waals surface area contributed by atoms with Crippen LogP contribution in [0.15, 0.2) is 18.2 Å². The second kappa shape index (κ2) is 7.84. The lowest BCUT2D eigenvalue weighted by Crippen LogP contribution is -2.42. The quantitative estimate of drug-likeness (QED) is 0.806. The number of carboxylic acid groups (broad SMARTS) is 1. The van der Waals surface area contributed by atoms with E-state index in [1.165, 1.54) is 23.9 Å².